The minimum Gasteiger partial charge on any atom is -0.497 e. The molecule has 4 rings (SSSR count). The van der Waals surface area contributed by atoms with Crippen molar-refractivity contribution in [3.63, 3.8) is 0 Å². The average Bonchev–Trinajstić information content (AvgIpc) is 2.65. The van der Waals surface area contributed by atoms with Gasteiger partial charge in [-0.1, -0.05) is 13.0 Å². The molecule has 2 nitrogen and oxygen atoms in total. The zero-order valence-corrected chi connectivity index (χ0v) is 12.6. The standard InChI is InChI=1S/C19H27NO/c1-13-6-7-19-8-9-20(2)18(17(19)10-13)11-14-4-5-15(21-3)12-16(14)19/h4-5,12-13,17-18H,6-11H2,1-3H3/t13?,17-,18+,19-/m1/s1/i6D2,7D2,10D2,11D2,13D,17D. The molecule has 1 aromatic carbocycles. The van der Waals surface area contributed by atoms with Crippen molar-refractivity contribution in [2.75, 3.05) is 20.7 Å². The number of hydrogen-bond donors (Lipinski definition) is 0. The van der Waals surface area contributed by atoms with Crippen LogP contribution in [0.2, 0.25) is 0 Å². The largest absolute Gasteiger partial charge is 0.497 e. The summed E-state index contributed by atoms with van der Waals surface area (Å²) in [7, 11) is 2.98. The predicted octanol–water partition coefficient (Wildman–Crippen LogP) is 3.63. The van der Waals surface area contributed by atoms with Crippen LogP contribution < -0.4 is 4.74 Å². The number of nitrogens with zero attached hydrogens (tertiary/aromatic N) is 1. The molecule has 4 atom stereocenters. The number of likely N-dealkylation sites (N-methyl/N-ethyl adjacent to an activating group) is 1. The van der Waals surface area contributed by atoms with E-state index in [-0.39, 0.29) is 24.1 Å². The lowest BCUT2D eigenvalue weighted by molar-refractivity contribution is -0.0112. The second kappa shape index (κ2) is 4.74. The molecule has 3 aliphatic rings. The Kier molecular flexibility index (Phi) is 1.49. The molecule has 1 heterocycles. The van der Waals surface area contributed by atoms with Gasteiger partial charge >= 0.3 is 0 Å². The number of methoxy groups -OCH3 is 1. The molecule has 0 spiro atoms. The Hall–Kier alpha value is -1.02. The molecule has 0 radical (unpaired) electrons. The second-order valence-electron chi connectivity index (χ2n) is 6.01. The van der Waals surface area contributed by atoms with E-state index in [2.05, 4.69) is 0 Å². The van der Waals surface area contributed by atoms with Crippen LogP contribution in [0.5, 0.6) is 5.75 Å². The van der Waals surface area contributed by atoms with E-state index in [0.29, 0.717) is 5.75 Å². The van der Waals surface area contributed by atoms with E-state index < -0.39 is 48.7 Å². The summed E-state index contributed by atoms with van der Waals surface area (Å²) in [5.41, 5.74) is -1.87. The maximum atomic E-state index is 9.59. The van der Waals surface area contributed by atoms with Crippen molar-refractivity contribution in [1.29, 1.82) is 0 Å². The SMILES string of the molecule is [2H]C1([2H])c2ccc(OC)cc2[C@@]23CCN(C)[C@@H]1[C@@]2([2H])C([2H])([2H])C([2H])(C)C([2H])([2H])C3([2H])[2H]. The fourth-order valence-electron chi connectivity index (χ4n) is 3.61. The Bertz CT molecular complexity index is 948. The van der Waals surface area contributed by atoms with Gasteiger partial charge in [-0.2, -0.15) is 0 Å². The first-order valence-corrected chi connectivity index (χ1v) is 7.30. The van der Waals surface area contributed by atoms with Crippen molar-refractivity contribution in [1.82, 2.24) is 4.90 Å². The molecule has 2 heteroatoms. The highest BCUT2D eigenvalue weighted by atomic mass is 16.5. The first kappa shape index (κ1) is 6.62. The average molecular weight is 295 g/mol. The lowest BCUT2D eigenvalue weighted by atomic mass is 9.51. The Labute approximate surface area is 142 Å². The molecule has 21 heavy (non-hydrogen) atoms. The van der Waals surface area contributed by atoms with Gasteiger partial charge in [-0.05, 0) is 80.6 Å². The van der Waals surface area contributed by atoms with Crippen LogP contribution >= 0.6 is 0 Å². The quantitative estimate of drug-likeness (QED) is 0.784. The first-order valence-electron chi connectivity index (χ1n) is 12.3. The number of hydrogen-bond acceptors (Lipinski definition) is 2. The van der Waals surface area contributed by atoms with Gasteiger partial charge in [0.1, 0.15) is 5.75 Å². The molecule has 2 bridgehead atoms. The highest BCUT2D eigenvalue weighted by molar-refractivity contribution is 5.45. The third-order valence-corrected chi connectivity index (χ3v) is 4.78. The number of piperidine rings is 1. The summed E-state index contributed by atoms with van der Waals surface area (Å²) < 4.78 is 94.7. The van der Waals surface area contributed by atoms with Gasteiger partial charge in [-0.25, -0.2) is 0 Å². The van der Waals surface area contributed by atoms with E-state index in [1.165, 1.54) is 30.2 Å². The van der Waals surface area contributed by atoms with Crippen LogP contribution in [0.4, 0.5) is 0 Å². The fraction of sp³-hybridized carbons (Fsp3) is 0.684. The molecule has 1 unspecified atom stereocenters. The molecule has 0 aromatic heterocycles. The monoisotopic (exact) mass is 295 g/mol. The van der Waals surface area contributed by atoms with Gasteiger partial charge < -0.3 is 9.64 Å². The maximum Gasteiger partial charge on any atom is 0.119 e. The van der Waals surface area contributed by atoms with Gasteiger partial charge in [0, 0.05) is 25.2 Å². The smallest absolute Gasteiger partial charge is 0.119 e. The Morgan fingerprint density at radius 1 is 1.48 bits per heavy atom. The molecule has 2 aliphatic carbocycles. The van der Waals surface area contributed by atoms with Crippen LogP contribution in [0, 0.1) is 11.8 Å². The second-order valence-corrected chi connectivity index (χ2v) is 6.01. The fourth-order valence-corrected chi connectivity index (χ4v) is 3.61. The van der Waals surface area contributed by atoms with Crippen molar-refractivity contribution in [3.8, 4) is 5.75 Å². The van der Waals surface area contributed by atoms with Gasteiger partial charge in [0.25, 0.3) is 0 Å². The van der Waals surface area contributed by atoms with Crippen molar-refractivity contribution >= 4 is 0 Å². The molecule has 0 N–H and O–H groups in total. The van der Waals surface area contributed by atoms with Gasteiger partial charge in [0.05, 0.1) is 7.11 Å². The van der Waals surface area contributed by atoms with E-state index in [4.69, 9.17) is 17.1 Å². The van der Waals surface area contributed by atoms with Crippen LogP contribution in [0.25, 0.3) is 0 Å². The van der Waals surface area contributed by atoms with Crippen LogP contribution in [-0.4, -0.2) is 31.6 Å². The summed E-state index contributed by atoms with van der Waals surface area (Å²) in [6.07, 6.45) is -11.1. The number of benzene rings is 1. The lowest BCUT2D eigenvalue weighted by Gasteiger charge is -2.59. The highest BCUT2D eigenvalue weighted by Crippen LogP contribution is 2.56. The van der Waals surface area contributed by atoms with Crippen LogP contribution in [0.15, 0.2) is 18.2 Å². The number of fused-ring (bicyclic) bond motifs is 1. The zero-order chi connectivity index (χ0) is 23.6. The molecule has 0 amide bonds. The summed E-state index contributed by atoms with van der Waals surface area (Å²) >= 11 is 0. The van der Waals surface area contributed by atoms with Gasteiger partial charge in [-0.15, -0.1) is 0 Å². The van der Waals surface area contributed by atoms with Crippen molar-refractivity contribution in [3.05, 3.63) is 29.3 Å². The molecule has 114 valence electrons. The summed E-state index contributed by atoms with van der Waals surface area (Å²) in [5.74, 6) is -4.86. The molecule has 1 saturated heterocycles. The molecule has 2 fully saturated rings. The maximum absolute atomic E-state index is 9.59. The molecule has 1 aliphatic heterocycles. The molecule has 1 aromatic rings. The predicted molar refractivity (Wildman–Crippen MR) is 85.9 cm³/mol. The van der Waals surface area contributed by atoms with Crippen LogP contribution in [-0.2, 0) is 11.8 Å². The lowest BCUT2D eigenvalue weighted by Crippen LogP contribution is -2.60. The minimum absolute atomic E-state index is 0.0597. The Morgan fingerprint density at radius 2 is 2.33 bits per heavy atom. The topological polar surface area (TPSA) is 12.5 Å². The third-order valence-electron chi connectivity index (χ3n) is 4.78. The zero-order valence-electron chi connectivity index (χ0n) is 22.6. The van der Waals surface area contributed by atoms with E-state index in [9.17, 15) is 1.37 Å². The van der Waals surface area contributed by atoms with Crippen molar-refractivity contribution in [2.45, 2.75) is 50.3 Å². The van der Waals surface area contributed by atoms with Crippen molar-refractivity contribution in [2.24, 2.45) is 11.8 Å². The van der Waals surface area contributed by atoms with Gasteiger partial charge in [0.15, 0.2) is 0 Å². The van der Waals surface area contributed by atoms with E-state index in [1.54, 1.807) is 7.05 Å². The van der Waals surface area contributed by atoms with Crippen LogP contribution in [0.1, 0.15) is 57.3 Å². The van der Waals surface area contributed by atoms with Gasteiger partial charge in [0.2, 0.25) is 0 Å². The molecular weight excluding hydrogens is 258 g/mol. The summed E-state index contributed by atoms with van der Waals surface area (Å²) in [5, 5.41) is 0. The van der Waals surface area contributed by atoms with E-state index in [1.807, 2.05) is 0 Å². The van der Waals surface area contributed by atoms with E-state index in [0.717, 1.165) is 6.92 Å². The number of ether oxygens (including phenoxy) is 1. The highest BCUT2D eigenvalue weighted by Gasteiger charge is 2.54. The summed E-state index contributed by atoms with van der Waals surface area (Å²) in [6, 6.07) is 3.00. The first-order chi connectivity index (χ1) is 13.9. The van der Waals surface area contributed by atoms with Gasteiger partial charge in [-0.3, -0.25) is 0 Å². The number of rotatable bonds is 1. The third kappa shape index (κ3) is 1.88. The summed E-state index contributed by atoms with van der Waals surface area (Å²) in [4.78, 5) is 1.53. The minimum atomic E-state index is -2.97. The van der Waals surface area contributed by atoms with Crippen LogP contribution in [0.3, 0.4) is 0 Å². The number of likely N-dealkylation sites (tertiary alicyclic amines) is 1. The Balaban J connectivity index is 2.26. The van der Waals surface area contributed by atoms with Crippen molar-refractivity contribution < 1.29 is 18.4 Å². The Morgan fingerprint density at radius 3 is 3.14 bits per heavy atom. The van der Waals surface area contributed by atoms with E-state index >= 15 is 0 Å². The normalized spacial score (nSPS) is 62.1. The summed E-state index contributed by atoms with van der Waals surface area (Å²) in [6.45, 7) is 1.14. The molecular formula is C19H27NO. The molecule has 1 saturated carbocycles.